The number of hydrogen-bond donors (Lipinski definition) is 0. The van der Waals surface area contributed by atoms with Crippen molar-refractivity contribution in [2.45, 2.75) is 59.5 Å². The molecule has 0 aliphatic rings. The predicted octanol–water partition coefficient (Wildman–Crippen LogP) is 5.76. The number of rotatable bonds is 9. The largest absolute Gasteiger partial charge is 0.489 e. The highest BCUT2D eigenvalue weighted by molar-refractivity contribution is 5.96. The van der Waals surface area contributed by atoms with Crippen molar-refractivity contribution in [3.05, 3.63) is 64.7 Å². The van der Waals surface area contributed by atoms with Crippen LogP contribution in [0, 0.1) is 0 Å². The van der Waals surface area contributed by atoms with Crippen LogP contribution < -0.4 is 4.74 Å². The summed E-state index contributed by atoms with van der Waals surface area (Å²) in [5.74, 6) is 0.908. The van der Waals surface area contributed by atoms with Crippen LogP contribution in [0.1, 0.15) is 67.1 Å². The molecule has 0 fully saturated rings. The summed E-state index contributed by atoms with van der Waals surface area (Å²) in [6.07, 6.45) is 5.74. The van der Waals surface area contributed by atoms with Gasteiger partial charge in [0, 0.05) is 11.1 Å². The van der Waals surface area contributed by atoms with E-state index in [1.54, 1.807) is 6.92 Å². The Bertz CT molecular complexity index is 656. The SMILES string of the molecule is CCCCCc1ccc(COc2cccc(C(C)=O)c2CC)cc1. The zero-order valence-corrected chi connectivity index (χ0v) is 15.1. The number of carbonyl (C=O) groups excluding carboxylic acids is 1. The molecule has 0 heterocycles. The van der Waals surface area contributed by atoms with Crippen molar-refractivity contribution < 1.29 is 9.53 Å². The summed E-state index contributed by atoms with van der Waals surface area (Å²) in [6.45, 7) is 6.42. The highest BCUT2D eigenvalue weighted by Gasteiger charge is 2.11. The second-order valence-electron chi connectivity index (χ2n) is 6.25. The molecule has 2 heteroatoms. The average Bonchev–Trinajstić information content (AvgIpc) is 2.60. The lowest BCUT2D eigenvalue weighted by Gasteiger charge is -2.13. The van der Waals surface area contributed by atoms with E-state index in [1.807, 2.05) is 18.2 Å². The molecule has 0 aliphatic carbocycles. The monoisotopic (exact) mass is 324 g/mol. The quantitative estimate of drug-likeness (QED) is 0.433. The smallest absolute Gasteiger partial charge is 0.160 e. The Morgan fingerprint density at radius 1 is 0.958 bits per heavy atom. The van der Waals surface area contributed by atoms with Gasteiger partial charge >= 0.3 is 0 Å². The lowest BCUT2D eigenvalue weighted by molar-refractivity contribution is 0.101. The molecule has 0 aliphatic heterocycles. The van der Waals surface area contributed by atoms with Crippen molar-refractivity contribution in [1.82, 2.24) is 0 Å². The predicted molar refractivity (Wildman–Crippen MR) is 99.8 cm³/mol. The summed E-state index contributed by atoms with van der Waals surface area (Å²) in [7, 11) is 0. The highest BCUT2D eigenvalue weighted by Crippen LogP contribution is 2.24. The maximum atomic E-state index is 11.7. The van der Waals surface area contributed by atoms with Gasteiger partial charge in [-0.25, -0.2) is 0 Å². The molecule has 0 amide bonds. The van der Waals surface area contributed by atoms with Crippen LogP contribution in [0.2, 0.25) is 0 Å². The van der Waals surface area contributed by atoms with E-state index in [1.165, 1.54) is 24.8 Å². The molecule has 2 rings (SSSR count). The first kappa shape index (κ1) is 18.3. The highest BCUT2D eigenvalue weighted by atomic mass is 16.5. The number of benzene rings is 2. The van der Waals surface area contributed by atoms with Crippen LogP contribution in [0.4, 0.5) is 0 Å². The van der Waals surface area contributed by atoms with Crippen LogP contribution >= 0.6 is 0 Å². The maximum Gasteiger partial charge on any atom is 0.160 e. The van der Waals surface area contributed by atoms with Crippen molar-refractivity contribution >= 4 is 5.78 Å². The van der Waals surface area contributed by atoms with Gasteiger partial charge in [-0.1, -0.05) is 63.1 Å². The van der Waals surface area contributed by atoms with E-state index < -0.39 is 0 Å². The first-order valence-electron chi connectivity index (χ1n) is 8.99. The molecule has 24 heavy (non-hydrogen) atoms. The lowest BCUT2D eigenvalue weighted by atomic mass is 10.0. The minimum Gasteiger partial charge on any atom is -0.489 e. The number of hydrogen-bond acceptors (Lipinski definition) is 2. The minimum atomic E-state index is 0.0914. The molecular formula is C22H28O2. The van der Waals surface area contributed by atoms with Crippen LogP contribution in [-0.2, 0) is 19.4 Å². The van der Waals surface area contributed by atoms with Crippen LogP contribution in [0.5, 0.6) is 5.75 Å². The van der Waals surface area contributed by atoms with E-state index in [-0.39, 0.29) is 5.78 Å². The van der Waals surface area contributed by atoms with Gasteiger partial charge in [0.25, 0.3) is 0 Å². The van der Waals surface area contributed by atoms with Gasteiger partial charge in [-0.15, -0.1) is 0 Å². The van der Waals surface area contributed by atoms with Gasteiger partial charge in [0.2, 0.25) is 0 Å². The third-order valence-corrected chi connectivity index (χ3v) is 4.35. The van der Waals surface area contributed by atoms with Gasteiger partial charge in [-0.05, 0) is 43.4 Å². The molecule has 0 bridgehead atoms. The topological polar surface area (TPSA) is 26.3 Å². The van der Waals surface area contributed by atoms with Crippen LogP contribution in [-0.4, -0.2) is 5.78 Å². The maximum absolute atomic E-state index is 11.7. The number of ether oxygens (including phenoxy) is 1. The Balaban J connectivity index is 2.00. The van der Waals surface area contributed by atoms with Crippen molar-refractivity contribution in [2.75, 3.05) is 0 Å². The van der Waals surface area contributed by atoms with Crippen molar-refractivity contribution in [1.29, 1.82) is 0 Å². The number of Topliss-reactive ketones (excluding diaryl/α,β-unsaturated/α-hetero) is 1. The average molecular weight is 324 g/mol. The van der Waals surface area contributed by atoms with Crippen LogP contribution in [0.3, 0.4) is 0 Å². The zero-order valence-electron chi connectivity index (χ0n) is 15.1. The van der Waals surface area contributed by atoms with E-state index in [0.717, 1.165) is 35.3 Å². The summed E-state index contributed by atoms with van der Waals surface area (Å²) < 4.78 is 5.99. The van der Waals surface area contributed by atoms with Gasteiger partial charge in [-0.2, -0.15) is 0 Å². The fraction of sp³-hybridized carbons (Fsp3) is 0.409. The Morgan fingerprint density at radius 3 is 2.29 bits per heavy atom. The molecule has 0 atom stereocenters. The lowest BCUT2D eigenvalue weighted by Crippen LogP contribution is -2.04. The number of carbonyl (C=O) groups is 1. The number of aryl methyl sites for hydroxylation is 1. The molecule has 2 aromatic carbocycles. The van der Waals surface area contributed by atoms with E-state index in [0.29, 0.717) is 6.61 Å². The fourth-order valence-electron chi connectivity index (χ4n) is 2.94. The second kappa shape index (κ2) is 9.27. The molecule has 2 nitrogen and oxygen atoms in total. The van der Waals surface area contributed by atoms with Gasteiger partial charge in [-0.3, -0.25) is 4.79 Å². The Kier molecular flexibility index (Phi) is 7.05. The zero-order chi connectivity index (χ0) is 17.4. The molecule has 0 radical (unpaired) electrons. The molecule has 0 unspecified atom stereocenters. The van der Waals surface area contributed by atoms with Crippen molar-refractivity contribution in [2.24, 2.45) is 0 Å². The van der Waals surface area contributed by atoms with Gasteiger partial charge in [0.1, 0.15) is 12.4 Å². The van der Waals surface area contributed by atoms with Crippen LogP contribution in [0.25, 0.3) is 0 Å². The third-order valence-electron chi connectivity index (χ3n) is 4.35. The number of unbranched alkanes of at least 4 members (excludes halogenated alkanes) is 2. The summed E-state index contributed by atoms with van der Waals surface area (Å²) in [4.78, 5) is 11.7. The first-order chi connectivity index (χ1) is 11.7. The van der Waals surface area contributed by atoms with Gasteiger partial charge in [0.15, 0.2) is 5.78 Å². The van der Waals surface area contributed by atoms with Crippen molar-refractivity contribution in [3.63, 3.8) is 0 Å². The summed E-state index contributed by atoms with van der Waals surface area (Å²) in [5, 5.41) is 0. The molecule has 0 N–H and O–H groups in total. The Labute approximate surface area is 145 Å². The van der Waals surface area contributed by atoms with E-state index in [4.69, 9.17) is 4.74 Å². The van der Waals surface area contributed by atoms with Gasteiger partial charge in [0.05, 0.1) is 0 Å². The Hall–Kier alpha value is -2.09. The van der Waals surface area contributed by atoms with E-state index in [2.05, 4.69) is 38.1 Å². The van der Waals surface area contributed by atoms with Crippen molar-refractivity contribution in [3.8, 4) is 5.75 Å². The molecule has 0 saturated heterocycles. The molecule has 0 saturated carbocycles. The van der Waals surface area contributed by atoms with E-state index in [9.17, 15) is 4.79 Å². The molecule has 0 aromatic heterocycles. The summed E-state index contributed by atoms with van der Waals surface area (Å²) >= 11 is 0. The first-order valence-corrected chi connectivity index (χ1v) is 8.99. The van der Waals surface area contributed by atoms with E-state index >= 15 is 0 Å². The summed E-state index contributed by atoms with van der Waals surface area (Å²) in [5.41, 5.74) is 4.31. The summed E-state index contributed by atoms with van der Waals surface area (Å²) in [6, 6.07) is 14.4. The van der Waals surface area contributed by atoms with Gasteiger partial charge < -0.3 is 4.74 Å². The van der Waals surface area contributed by atoms with Crippen LogP contribution in [0.15, 0.2) is 42.5 Å². The molecular weight excluding hydrogens is 296 g/mol. The molecule has 2 aromatic rings. The molecule has 128 valence electrons. The second-order valence-corrected chi connectivity index (χ2v) is 6.25. The standard InChI is InChI=1S/C22H28O2/c1-4-6-7-9-18-12-14-19(15-13-18)16-24-22-11-8-10-21(17(3)23)20(22)5-2/h8,10-15H,4-7,9,16H2,1-3H3. The third kappa shape index (κ3) is 4.95. The minimum absolute atomic E-state index is 0.0914. The Morgan fingerprint density at radius 2 is 1.67 bits per heavy atom. The normalized spacial score (nSPS) is 10.6. The number of ketones is 1. The fourth-order valence-corrected chi connectivity index (χ4v) is 2.94. The molecule has 0 spiro atoms.